The third-order valence-corrected chi connectivity index (χ3v) is 5.21. The van der Waals surface area contributed by atoms with E-state index >= 15 is 0 Å². The van der Waals surface area contributed by atoms with Gasteiger partial charge in [0.25, 0.3) is 0 Å². The minimum atomic E-state index is -0.475. The predicted molar refractivity (Wildman–Crippen MR) is 107 cm³/mol. The Bertz CT molecular complexity index is 1030. The van der Waals surface area contributed by atoms with Gasteiger partial charge in [-0.05, 0) is 23.6 Å². The van der Waals surface area contributed by atoms with Gasteiger partial charge in [-0.1, -0.05) is 26.0 Å². The molecule has 1 saturated heterocycles. The maximum absolute atomic E-state index is 12.5. The lowest BCUT2D eigenvalue weighted by Gasteiger charge is -2.26. The number of morpholine rings is 1. The van der Waals surface area contributed by atoms with Gasteiger partial charge in [-0.15, -0.1) is 5.10 Å². The quantitative estimate of drug-likeness (QED) is 0.798. The first-order chi connectivity index (χ1) is 14.5. The highest BCUT2D eigenvalue weighted by atomic mass is 16.6. The Labute approximate surface area is 174 Å². The fourth-order valence-corrected chi connectivity index (χ4v) is 3.71. The monoisotopic (exact) mass is 409 g/mol. The summed E-state index contributed by atoms with van der Waals surface area (Å²) in [7, 11) is 0. The molecule has 30 heavy (non-hydrogen) atoms. The molecule has 1 amide bonds. The van der Waals surface area contributed by atoms with Crippen LogP contribution in [0.1, 0.15) is 42.5 Å². The molecule has 0 spiro atoms. The van der Waals surface area contributed by atoms with Crippen LogP contribution in [-0.2, 0) is 4.74 Å². The highest BCUT2D eigenvalue weighted by molar-refractivity contribution is 5.71. The maximum atomic E-state index is 12.5. The van der Waals surface area contributed by atoms with Crippen molar-refractivity contribution in [2.45, 2.75) is 25.7 Å². The molecule has 1 aromatic heterocycles. The molecule has 2 aliphatic heterocycles. The second-order valence-electron chi connectivity index (χ2n) is 7.48. The zero-order valence-electron chi connectivity index (χ0n) is 16.8. The number of nitrogens with zero attached hydrogens (tertiary/aromatic N) is 3. The van der Waals surface area contributed by atoms with Gasteiger partial charge in [0.15, 0.2) is 0 Å². The molecule has 0 aliphatic carbocycles. The first-order valence-corrected chi connectivity index (χ1v) is 9.79. The van der Waals surface area contributed by atoms with Crippen molar-refractivity contribution in [1.29, 1.82) is 5.26 Å². The minimum absolute atomic E-state index is 0.0209. The van der Waals surface area contributed by atoms with Crippen LogP contribution < -0.4 is 15.2 Å². The molecular weight excluding hydrogens is 386 g/mol. The average Bonchev–Trinajstić information content (AvgIpc) is 3.17. The molecule has 0 bridgehead atoms. The first-order valence-electron chi connectivity index (χ1n) is 9.79. The second-order valence-corrected chi connectivity index (χ2v) is 7.48. The molecule has 9 nitrogen and oxygen atoms in total. The fraction of sp³-hybridized carbons (Fsp3) is 0.381. The van der Waals surface area contributed by atoms with Gasteiger partial charge in [-0.25, -0.2) is 4.79 Å². The number of nitriles is 1. The van der Waals surface area contributed by atoms with Crippen molar-refractivity contribution in [1.82, 2.24) is 15.1 Å². The molecule has 9 heteroatoms. The smallest absolute Gasteiger partial charge is 0.415 e. The van der Waals surface area contributed by atoms with Gasteiger partial charge >= 0.3 is 6.09 Å². The van der Waals surface area contributed by atoms with Gasteiger partial charge in [0.1, 0.15) is 17.4 Å². The Kier molecular flexibility index (Phi) is 5.33. The second kappa shape index (κ2) is 8.08. The molecule has 3 heterocycles. The van der Waals surface area contributed by atoms with E-state index in [4.69, 9.17) is 19.9 Å². The van der Waals surface area contributed by atoms with E-state index in [1.54, 1.807) is 23.1 Å². The number of aromatic amines is 1. The zero-order valence-corrected chi connectivity index (χ0v) is 16.8. The highest BCUT2D eigenvalue weighted by Crippen LogP contribution is 2.44. The van der Waals surface area contributed by atoms with Crippen LogP contribution in [-0.4, -0.2) is 47.5 Å². The molecule has 4 rings (SSSR count). The van der Waals surface area contributed by atoms with Crippen LogP contribution in [0.25, 0.3) is 0 Å². The van der Waals surface area contributed by atoms with E-state index in [1.165, 1.54) is 0 Å². The minimum Gasteiger partial charge on any atom is -0.420 e. The number of hydrogen-bond acceptors (Lipinski definition) is 7. The van der Waals surface area contributed by atoms with Gasteiger partial charge in [0.2, 0.25) is 11.8 Å². The van der Waals surface area contributed by atoms with Crippen LogP contribution in [0.3, 0.4) is 0 Å². The van der Waals surface area contributed by atoms with Crippen LogP contribution in [0.2, 0.25) is 0 Å². The van der Waals surface area contributed by atoms with Crippen molar-refractivity contribution in [2.75, 3.05) is 26.3 Å². The number of benzene rings is 1. The molecule has 1 fully saturated rings. The number of fused-ring (bicyclic) bond motifs is 1. The lowest BCUT2D eigenvalue weighted by molar-refractivity contribution is 0.0416. The van der Waals surface area contributed by atoms with Crippen molar-refractivity contribution in [3.63, 3.8) is 0 Å². The highest BCUT2D eigenvalue weighted by Gasteiger charge is 2.36. The number of carbonyl (C=O) groups is 1. The van der Waals surface area contributed by atoms with E-state index in [2.05, 4.69) is 16.3 Å². The van der Waals surface area contributed by atoms with Crippen LogP contribution in [0.15, 0.2) is 35.7 Å². The van der Waals surface area contributed by atoms with Crippen LogP contribution >= 0.6 is 0 Å². The van der Waals surface area contributed by atoms with Crippen LogP contribution in [0.5, 0.6) is 11.6 Å². The largest absolute Gasteiger partial charge is 0.420 e. The van der Waals surface area contributed by atoms with E-state index in [-0.39, 0.29) is 11.8 Å². The number of carbonyl (C=O) groups excluding carboxylic acids is 1. The molecule has 1 atom stereocenters. The van der Waals surface area contributed by atoms with Gasteiger partial charge in [-0.3, -0.25) is 5.10 Å². The van der Waals surface area contributed by atoms with Crippen molar-refractivity contribution >= 4 is 6.09 Å². The van der Waals surface area contributed by atoms with Crippen LogP contribution in [0.4, 0.5) is 4.79 Å². The summed E-state index contributed by atoms with van der Waals surface area (Å²) in [5.74, 6) is 0.428. The van der Waals surface area contributed by atoms with Crippen molar-refractivity contribution < 1.29 is 19.0 Å². The summed E-state index contributed by atoms with van der Waals surface area (Å²) in [5.41, 5.74) is 8.70. The Hall–Kier alpha value is -3.51. The lowest BCUT2D eigenvalue weighted by atomic mass is 9.82. The van der Waals surface area contributed by atoms with Crippen LogP contribution in [0, 0.1) is 11.3 Å². The number of nitrogens with two attached hydrogens (primary N) is 1. The number of rotatable bonds is 3. The van der Waals surface area contributed by atoms with E-state index in [9.17, 15) is 10.1 Å². The van der Waals surface area contributed by atoms with Gasteiger partial charge < -0.3 is 24.8 Å². The summed E-state index contributed by atoms with van der Waals surface area (Å²) in [4.78, 5) is 14.1. The lowest BCUT2D eigenvalue weighted by Crippen LogP contribution is -2.42. The molecule has 0 unspecified atom stereocenters. The number of allylic oxidation sites excluding steroid dienone is 1. The molecule has 156 valence electrons. The summed E-state index contributed by atoms with van der Waals surface area (Å²) in [6.07, 6.45) is -0.426. The van der Waals surface area contributed by atoms with Crippen molar-refractivity contribution in [3.8, 4) is 17.7 Å². The summed E-state index contributed by atoms with van der Waals surface area (Å²) in [6.45, 7) is 6.03. The summed E-state index contributed by atoms with van der Waals surface area (Å²) in [5, 5.41) is 17.0. The standard InChI is InChI=1S/C21H23N5O4/c1-12(2)18-17-16(15(11-22)19(23)30-20(17)25-24-18)13-4-3-5-14(10-13)29-21(27)26-6-8-28-9-7-26/h3-5,10,12,16H,6-9,23H2,1-2H3,(H,24,25)/t16-/m1/s1. The number of nitrogens with one attached hydrogen (secondary N) is 1. The Morgan fingerprint density at radius 2 is 2.17 bits per heavy atom. The van der Waals surface area contributed by atoms with E-state index in [1.807, 2.05) is 19.9 Å². The number of ether oxygens (including phenoxy) is 3. The number of H-pyrrole nitrogens is 1. The zero-order chi connectivity index (χ0) is 21.3. The molecule has 3 N–H and O–H groups in total. The fourth-order valence-electron chi connectivity index (χ4n) is 3.71. The van der Waals surface area contributed by atoms with E-state index in [0.717, 1.165) is 16.8 Å². The van der Waals surface area contributed by atoms with Crippen molar-refractivity contribution in [3.05, 3.63) is 52.5 Å². The molecule has 0 saturated carbocycles. The SMILES string of the molecule is CC(C)c1[nH]nc2c1[C@H](c1cccc(OC(=O)N3CCOCC3)c1)C(C#N)=C(N)O2. The summed E-state index contributed by atoms with van der Waals surface area (Å²) < 4.78 is 16.4. The van der Waals surface area contributed by atoms with Gasteiger partial charge in [-0.2, -0.15) is 5.26 Å². The predicted octanol–water partition coefficient (Wildman–Crippen LogP) is 2.58. The Balaban J connectivity index is 1.69. The summed E-state index contributed by atoms with van der Waals surface area (Å²) in [6, 6.07) is 9.28. The molecule has 2 aromatic rings. The molecule has 2 aliphatic rings. The topological polar surface area (TPSA) is 126 Å². The first kappa shape index (κ1) is 19.8. The van der Waals surface area contributed by atoms with E-state index in [0.29, 0.717) is 43.5 Å². The maximum Gasteiger partial charge on any atom is 0.415 e. The summed E-state index contributed by atoms with van der Waals surface area (Å²) >= 11 is 0. The molecular formula is C21H23N5O4. The number of aromatic nitrogens is 2. The Morgan fingerprint density at radius 1 is 1.40 bits per heavy atom. The molecule has 0 radical (unpaired) electrons. The van der Waals surface area contributed by atoms with Crippen molar-refractivity contribution in [2.24, 2.45) is 5.73 Å². The Morgan fingerprint density at radius 3 is 2.87 bits per heavy atom. The number of hydrogen-bond donors (Lipinski definition) is 2. The normalized spacial score (nSPS) is 18.6. The van der Waals surface area contributed by atoms with Gasteiger partial charge in [0, 0.05) is 18.8 Å². The average molecular weight is 409 g/mol. The molecule has 1 aromatic carbocycles. The van der Waals surface area contributed by atoms with Gasteiger partial charge in [0.05, 0.1) is 24.7 Å². The number of amides is 1. The van der Waals surface area contributed by atoms with E-state index < -0.39 is 12.0 Å². The third-order valence-electron chi connectivity index (χ3n) is 5.21. The third kappa shape index (κ3) is 3.57.